The summed E-state index contributed by atoms with van der Waals surface area (Å²) >= 11 is -4.08. The van der Waals surface area contributed by atoms with E-state index in [0.717, 1.165) is 55.8 Å². The van der Waals surface area contributed by atoms with Crippen LogP contribution in [-0.2, 0) is 27.0 Å². The molecule has 20 heteroatoms. The van der Waals surface area contributed by atoms with Crippen molar-refractivity contribution < 1.29 is 55.8 Å². The molecule has 2 fully saturated rings. The molecule has 4 aliphatic rings. The number of carbonyl (C=O) groups is 2. The van der Waals surface area contributed by atoms with E-state index in [4.69, 9.17) is 53.0 Å². The maximum absolute atomic E-state index is 13.1. The van der Waals surface area contributed by atoms with E-state index < -0.39 is 32.0 Å². The van der Waals surface area contributed by atoms with Crippen molar-refractivity contribution in [2.24, 2.45) is 0 Å². The summed E-state index contributed by atoms with van der Waals surface area (Å²) in [4.78, 5) is 50.0. The maximum atomic E-state index is 13.1. The van der Waals surface area contributed by atoms with Gasteiger partial charge in [-0.3, -0.25) is 0 Å². The minimum absolute atomic E-state index is 0.0577. The molecule has 12 rings (SSSR count). The predicted molar refractivity (Wildman–Crippen MR) is 462 cm³/mol. The number of hydrogen-bond donors (Lipinski definition) is 0. The van der Waals surface area contributed by atoms with Crippen LogP contribution >= 0.6 is 38.8 Å². The van der Waals surface area contributed by atoms with Crippen LogP contribution < -0.4 is 43.6 Å². The summed E-state index contributed by atoms with van der Waals surface area (Å²) in [5.74, 6) is 5.78. The third-order valence-corrected chi connectivity index (χ3v) is 24.3. The molecule has 111 heavy (non-hydrogen) atoms. The number of nitrogens with zero attached hydrogens (tertiary/aromatic N) is 7. The number of amides is 2. The van der Waals surface area contributed by atoms with Gasteiger partial charge in [0.2, 0.25) is 0 Å². The van der Waals surface area contributed by atoms with Gasteiger partial charge in [0.05, 0.1) is 0 Å². The molecule has 0 spiro atoms. The van der Waals surface area contributed by atoms with Crippen LogP contribution in [0.2, 0.25) is 0 Å². The van der Waals surface area contributed by atoms with Crippen LogP contribution in [0.1, 0.15) is 261 Å². The second kappa shape index (κ2) is 40.2. The molecule has 4 heterocycles. The molecule has 0 aromatic heterocycles. The first kappa shape index (κ1) is 87.8. The third kappa shape index (κ3) is 21.4. The van der Waals surface area contributed by atoms with E-state index in [2.05, 4.69) is 217 Å². The molecule has 14 nitrogen and oxygen atoms in total. The molecule has 0 N–H and O–H groups in total. The Hall–Kier alpha value is -7.15. The number of halogens is 4. The van der Waals surface area contributed by atoms with Crippen molar-refractivity contribution in [1.29, 1.82) is 0 Å². The Labute approximate surface area is 687 Å². The summed E-state index contributed by atoms with van der Waals surface area (Å²) in [6, 6.07) is 51.3. The van der Waals surface area contributed by atoms with E-state index in [0.29, 0.717) is 94.5 Å². The van der Waals surface area contributed by atoms with Gasteiger partial charge in [0.1, 0.15) is 0 Å². The predicted octanol–water partition coefficient (Wildman–Crippen LogP) is 24.3. The molecule has 2 saturated heterocycles. The number of fused-ring (bicyclic) bond motifs is 2. The molecule has 600 valence electrons. The monoisotopic (exact) mass is 1760 g/mol. The number of methoxy groups -OCH3 is 1. The van der Waals surface area contributed by atoms with Crippen molar-refractivity contribution in [2.75, 3.05) is 75.8 Å². The Morgan fingerprint density at radius 2 is 0.703 bits per heavy atom. The first-order chi connectivity index (χ1) is 52.9. The van der Waals surface area contributed by atoms with Crippen LogP contribution in [0.5, 0.6) is 17.2 Å². The van der Waals surface area contributed by atoms with E-state index in [9.17, 15) is 19.7 Å². The van der Waals surface area contributed by atoms with Crippen molar-refractivity contribution in [2.45, 2.75) is 197 Å². The van der Waals surface area contributed by atoms with E-state index in [1.165, 1.54) is 91.5 Å². The van der Waals surface area contributed by atoms with Crippen LogP contribution in [0.4, 0.5) is 39.8 Å². The number of rotatable bonds is 20. The van der Waals surface area contributed by atoms with Crippen LogP contribution in [0.15, 0.2) is 158 Å². The number of para-hydroxylation sites is 6. The van der Waals surface area contributed by atoms with Crippen molar-refractivity contribution in [3.8, 4) is 17.2 Å². The number of nitro groups is 1. The summed E-state index contributed by atoms with van der Waals surface area (Å²) in [6.45, 7) is 50.7. The van der Waals surface area contributed by atoms with E-state index >= 15 is 0 Å². The van der Waals surface area contributed by atoms with Crippen LogP contribution in [-0.4, -0.2) is 84.5 Å². The normalized spacial score (nSPS) is 15.6. The van der Waals surface area contributed by atoms with Gasteiger partial charge in [-0.25, -0.2) is 0 Å². The zero-order valence-electron chi connectivity index (χ0n) is 68.0. The quantitative estimate of drug-likeness (QED) is 0.0313. The van der Waals surface area contributed by atoms with Crippen molar-refractivity contribution in [3.63, 3.8) is 0 Å². The fraction of sp³-hybridized carbons (Fsp3) is 0.407. The number of carbonyl (C=O) groups excluding carboxylic acids is 2. The molecule has 4 aliphatic heterocycles. The molecule has 8 aromatic carbocycles. The molecule has 2 atom stereocenters. The summed E-state index contributed by atoms with van der Waals surface area (Å²) in [5, 5.41) is 10.8. The van der Waals surface area contributed by atoms with Gasteiger partial charge in [-0.05, 0) is 91.9 Å². The van der Waals surface area contributed by atoms with Gasteiger partial charge in [-0.2, -0.15) is 13.3 Å². The molecule has 0 bridgehead atoms. The van der Waals surface area contributed by atoms with Crippen molar-refractivity contribution >= 4 is 99.6 Å². The minimum atomic E-state index is -2.07. The fourth-order valence-electron chi connectivity index (χ4n) is 14.7. The first-order valence-corrected chi connectivity index (χ1v) is 49.9. The Kier molecular flexibility index (Phi) is 31.8. The van der Waals surface area contributed by atoms with Crippen LogP contribution in [0, 0.1) is 23.5 Å². The molecule has 2 unspecified atom stereocenters. The number of non-ortho nitro benzene ring substituents is 1. The van der Waals surface area contributed by atoms with Crippen molar-refractivity contribution in [3.05, 3.63) is 248 Å². The molecular weight excluding hydrogens is 1650 g/mol. The number of ether oxygens (including phenoxy) is 3. The number of hydrogen-bond acceptors (Lipinski definition) is 11. The Morgan fingerprint density at radius 3 is 0.937 bits per heavy atom. The first-order valence-electron chi connectivity index (χ1n) is 38.9. The molecule has 8 aromatic rings. The van der Waals surface area contributed by atoms with Gasteiger partial charge in [-0.15, -0.1) is 0 Å². The number of anilines is 6. The number of nitro benzene ring substituents is 1. The van der Waals surface area contributed by atoms with Gasteiger partial charge in [0.25, 0.3) is 0 Å². The van der Waals surface area contributed by atoms with Crippen LogP contribution in [0.25, 0.3) is 0 Å². The summed E-state index contributed by atoms with van der Waals surface area (Å²) in [7, 11) is 25.8. The molecule has 0 aliphatic carbocycles. The van der Waals surface area contributed by atoms with Gasteiger partial charge in [0, 0.05) is 48.9 Å². The van der Waals surface area contributed by atoms with Crippen LogP contribution in [0.3, 0.4) is 0 Å². The third-order valence-electron chi connectivity index (χ3n) is 20.6. The topological polar surface area (TPSA) is 124 Å². The zero-order chi connectivity index (χ0) is 80.8. The Bertz CT molecular complexity index is 4190. The zero-order valence-corrected chi connectivity index (χ0v) is 74.5. The van der Waals surface area contributed by atoms with E-state index in [-0.39, 0.29) is 29.7 Å². The SMILES string of the molecule is CC(C)c1cccc(C(C)C)c1N1[CH-]N(c2c(C(C)C)cccc2C(C)C)CC1.CC(C)c1cccc(C(C)C)c1N1[CH-]N(c2c(C(C)C)cccc2C(C)C)CC1.CCC1CN(C(=O)c2ccc(OC)cc2)c2cccc([CH]=[Ru]([Cl])[Cl])c2O1.CCC1CN(C(=O)c2ccc([N+](=O)[O-])cc2)c2cccc([CH]=[Ru]([Cl])[Cl])c2O1. The van der Waals surface area contributed by atoms with Gasteiger partial charge >= 0.3 is 336 Å². The average Bonchev–Trinajstić information content (AvgIpc) is 1.76. The average molecular weight is 1760 g/mol. The summed E-state index contributed by atoms with van der Waals surface area (Å²) in [6.07, 6.45) is 1.27. The van der Waals surface area contributed by atoms with Gasteiger partial charge < -0.3 is 19.6 Å². The fourth-order valence-corrected chi connectivity index (χ4v) is 18.3. The standard InChI is InChI=1S/2C27H39N2.C19H19NO3.C18H16N2O4.4ClH.2Ru/c2*1-18(2)22-11-9-12-23(19(3)4)26(22)28-15-16-29(17-28)27-24(20(5)6)13-10-14-25(27)21(7)8;1-4-15-12-20(17-7-5-6-13(2)18(17)23-15)19(21)14-8-10-16(22-3)11-9-14;1-3-15-11-19(16-6-4-5-12(2)17(16)24-15)18(21)13-7-9-14(10-8-13)20(22)23;;;;;;/h2*9-14,17-21H,15-16H2,1-8H3;2,5-11,15H,4,12H2,1,3H3;2,4-10,15H,3,11H2,1H3;4*1H;;/q2*-1;;;;;;;2*+2/p-4. The van der Waals surface area contributed by atoms with Gasteiger partial charge in [-0.1, -0.05) is 184 Å². The van der Waals surface area contributed by atoms with Gasteiger partial charge in [0.15, 0.2) is 0 Å². The molecule has 0 saturated carbocycles. The van der Waals surface area contributed by atoms with Crippen molar-refractivity contribution in [1.82, 2.24) is 0 Å². The number of benzene rings is 8. The second-order valence-corrected chi connectivity index (χ2v) is 42.5. The molecule has 0 radical (unpaired) electrons. The summed E-state index contributed by atoms with van der Waals surface area (Å²) in [5.41, 5.74) is 21.3. The second-order valence-electron chi connectivity index (χ2n) is 31.0. The van der Waals surface area contributed by atoms with E-state index in [1.54, 1.807) is 51.9 Å². The Morgan fingerprint density at radius 1 is 0.441 bits per heavy atom. The Balaban J connectivity index is 0.000000170. The summed E-state index contributed by atoms with van der Waals surface area (Å²) < 4.78 is 21.0. The van der Waals surface area contributed by atoms with E-state index in [1.807, 2.05) is 48.8 Å². The molecular formula is C91H113Cl4N7O7Ru2-2. The molecule has 2 amide bonds.